The van der Waals surface area contributed by atoms with Gasteiger partial charge in [0.15, 0.2) is 17.6 Å². The van der Waals surface area contributed by atoms with Crippen molar-refractivity contribution in [2.45, 2.75) is 6.10 Å². The third-order valence-corrected chi connectivity index (χ3v) is 3.64. The minimum atomic E-state index is -0.193. The van der Waals surface area contributed by atoms with Crippen LogP contribution in [0, 0.1) is 0 Å². The van der Waals surface area contributed by atoms with Crippen LogP contribution in [-0.2, 0) is 0 Å². The van der Waals surface area contributed by atoms with Gasteiger partial charge in [-0.3, -0.25) is 0 Å². The Hall–Kier alpha value is -3.03. The molecule has 2 aromatic rings. The van der Waals surface area contributed by atoms with E-state index in [4.69, 9.17) is 9.47 Å². The molecule has 0 saturated heterocycles. The van der Waals surface area contributed by atoms with Crippen LogP contribution in [0.2, 0.25) is 0 Å². The molecule has 1 atom stereocenters. The molecule has 1 aromatic heterocycles. The van der Waals surface area contributed by atoms with Crippen LogP contribution >= 0.6 is 0 Å². The first-order valence-electron chi connectivity index (χ1n) is 8.11. The molecule has 0 bridgehead atoms. The molecule has 0 spiro atoms. The summed E-state index contributed by atoms with van der Waals surface area (Å²) in [5.74, 6) is 1.98. The lowest BCUT2D eigenvalue weighted by Crippen LogP contribution is -2.46. The highest BCUT2D eigenvalue weighted by atomic mass is 16.6. The number of fused-ring (bicyclic) bond motifs is 1. The predicted molar refractivity (Wildman–Crippen MR) is 92.9 cm³/mol. The molecule has 1 aliphatic rings. The standard InChI is InChI=1S/C17H21N5O3/c1-22(11-13-12-24-14-5-2-3-6-15(14)25-13)17(23)21-10-9-20-16-18-7-4-8-19-16/h2-8,13H,9-12H2,1H3,(H,21,23)(H,18,19,20)/t13-/m1/s1. The molecule has 8 nitrogen and oxygen atoms in total. The summed E-state index contributed by atoms with van der Waals surface area (Å²) in [6, 6.07) is 9.10. The van der Waals surface area contributed by atoms with Crippen LogP contribution in [0.25, 0.3) is 0 Å². The quantitative estimate of drug-likeness (QED) is 0.770. The van der Waals surface area contributed by atoms with E-state index >= 15 is 0 Å². The molecule has 0 aliphatic carbocycles. The molecule has 2 N–H and O–H groups in total. The number of anilines is 1. The van der Waals surface area contributed by atoms with Gasteiger partial charge in [-0.25, -0.2) is 14.8 Å². The first-order chi connectivity index (χ1) is 12.2. The van der Waals surface area contributed by atoms with E-state index < -0.39 is 0 Å². The first-order valence-corrected chi connectivity index (χ1v) is 8.11. The summed E-state index contributed by atoms with van der Waals surface area (Å²) in [5, 5.41) is 5.87. The van der Waals surface area contributed by atoms with E-state index in [9.17, 15) is 4.79 Å². The van der Waals surface area contributed by atoms with Gasteiger partial charge in [0.1, 0.15) is 6.61 Å². The molecule has 25 heavy (non-hydrogen) atoms. The number of rotatable bonds is 6. The van der Waals surface area contributed by atoms with Crippen LogP contribution in [0.5, 0.6) is 11.5 Å². The molecule has 0 saturated carbocycles. The highest BCUT2D eigenvalue weighted by Gasteiger charge is 2.23. The maximum atomic E-state index is 12.1. The minimum Gasteiger partial charge on any atom is -0.486 e. The molecule has 8 heteroatoms. The smallest absolute Gasteiger partial charge is 0.317 e. The zero-order valence-electron chi connectivity index (χ0n) is 14.0. The average Bonchev–Trinajstić information content (AvgIpc) is 2.65. The lowest BCUT2D eigenvalue weighted by atomic mass is 10.2. The summed E-state index contributed by atoms with van der Waals surface area (Å²) in [5.41, 5.74) is 0. The number of amides is 2. The van der Waals surface area contributed by atoms with Crippen LogP contribution < -0.4 is 20.1 Å². The molecule has 0 unspecified atom stereocenters. The summed E-state index contributed by atoms with van der Waals surface area (Å²) < 4.78 is 11.5. The Bertz CT molecular complexity index is 698. The van der Waals surface area contributed by atoms with Crippen molar-refractivity contribution in [3.05, 3.63) is 42.7 Å². The minimum absolute atomic E-state index is 0.168. The zero-order chi connectivity index (χ0) is 17.5. The molecule has 2 amide bonds. The average molecular weight is 343 g/mol. The highest BCUT2D eigenvalue weighted by molar-refractivity contribution is 5.73. The predicted octanol–water partition coefficient (Wildman–Crippen LogP) is 1.37. The van der Waals surface area contributed by atoms with Crippen LogP contribution in [0.4, 0.5) is 10.7 Å². The van der Waals surface area contributed by atoms with Crippen LogP contribution in [-0.4, -0.2) is 60.3 Å². The van der Waals surface area contributed by atoms with Gasteiger partial charge >= 0.3 is 6.03 Å². The number of likely N-dealkylation sites (N-methyl/N-ethyl adjacent to an activating group) is 1. The van der Waals surface area contributed by atoms with Crippen LogP contribution in [0.1, 0.15) is 0 Å². The van der Waals surface area contributed by atoms with Gasteiger partial charge in [0.05, 0.1) is 6.54 Å². The molecular formula is C17H21N5O3. The van der Waals surface area contributed by atoms with Crippen molar-refractivity contribution in [1.29, 1.82) is 0 Å². The van der Waals surface area contributed by atoms with Gasteiger partial charge in [0, 0.05) is 32.5 Å². The van der Waals surface area contributed by atoms with Gasteiger partial charge < -0.3 is 25.0 Å². The van der Waals surface area contributed by atoms with Gasteiger partial charge in [0.2, 0.25) is 5.95 Å². The maximum absolute atomic E-state index is 12.1. The monoisotopic (exact) mass is 343 g/mol. The number of nitrogens with zero attached hydrogens (tertiary/aromatic N) is 3. The molecule has 0 fully saturated rings. The Morgan fingerprint density at radius 2 is 1.96 bits per heavy atom. The Morgan fingerprint density at radius 3 is 2.76 bits per heavy atom. The fourth-order valence-corrected chi connectivity index (χ4v) is 2.41. The van der Waals surface area contributed by atoms with Gasteiger partial charge in [-0.2, -0.15) is 0 Å². The summed E-state index contributed by atoms with van der Waals surface area (Å²) in [6.45, 7) is 1.86. The second-order valence-electron chi connectivity index (χ2n) is 5.61. The van der Waals surface area contributed by atoms with Crippen LogP contribution in [0.3, 0.4) is 0 Å². The normalized spacial score (nSPS) is 15.3. The van der Waals surface area contributed by atoms with E-state index in [-0.39, 0.29) is 12.1 Å². The molecule has 3 rings (SSSR count). The SMILES string of the molecule is CN(C[C@@H]1COc2ccccc2O1)C(=O)NCCNc1ncccn1. The lowest BCUT2D eigenvalue weighted by Gasteiger charge is -2.29. The van der Waals surface area contributed by atoms with Crippen molar-refractivity contribution in [2.24, 2.45) is 0 Å². The summed E-state index contributed by atoms with van der Waals surface area (Å²) >= 11 is 0. The fraction of sp³-hybridized carbons (Fsp3) is 0.353. The van der Waals surface area contributed by atoms with E-state index in [0.29, 0.717) is 37.9 Å². The second-order valence-corrected chi connectivity index (χ2v) is 5.61. The topological polar surface area (TPSA) is 88.6 Å². The number of benzene rings is 1. The van der Waals surface area contributed by atoms with Crippen LogP contribution in [0.15, 0.2) is 42.7 Å². The van der Waals surface area contributed by atoms with Gasteiger partial charge in [-0.1, -0.05) is 12.1 Å². The second kappa shape index (κ2) is 8.18. The van der Waals surface area contributed by atoms with Gasteiger partial charge in [-0.15, -0.1) is 0 Å². The number of urea groups is 1. The number of para-hydroxylation sites is 2. The number of carbonyl (C=O) groups is 1. The van der Waals surface area contributed by atoms with E-state index in [1.54, 1.807) is 30.4 Å². The van der Waals surface area contributed by atoms with Gasteiger partial charge in [0.25, 0.3) is 0 Å². The largest absolute Gasteiger partial charge is 0.486 e. The molecule has 1 aromatic carbocycles. The first kappa shape index (κ1) is 16.8. The third-order valence-electron chi connectivity index (χ3n) is 3.64. The number of nitrogens with one attached hydrogen (secondary N) is 2. The molecule has 1 aliphatic heterocycles. The van der Waals surface area contributed by atoms with Crippen molar-refractivity contribution in [3.63, 3.8) is 0 Å². The van der Waals surface area contributed by atoms with Crippen molar-refractivity contribution in [1.82, 2.24) is 20.2 Å². The van der Waals surface area contributed by atoms with E-state index in [0.717, 1.165) is 5.75 Å². The lowest BCUT2D eigenvalue weighted by molar-refractivity contribution is 0.0716. The van der Waals surface area contributed by atoms with E-state index in [1.165, 1.54) is 0 Å². The Kier molecular flexibility index (Phi) is 5.50. The molecular weight excluding hydrogens is 322 g/mol. The highest BCUT2D eigenvalue weighted by Crippen LogP contribution is 2.30. The fourth-order valence-electron chi connectivity index (χ4n) is 2.41. The van der Waals surface area contributed by atoms with E-state index in [2.05, 4.69) is 20.6 Å². The number of ether oxygens (including phenoxy) is 2. The molecule has 132 valence electrons. The van der Waals surface area contributed by atoms with Gasteiger partial charge in [-0.05, 0) is 18.2 Å². The number of carbonyl (C=O) groups excluding carboxylic acids is 1. The number of aromatic nitrogens is 2. The molecule has 2 heterocycles. The number of hydrogen-bond acceptors (Lipinski definition) is 6. The van der Waals surface area contributed by atoms with Crippen molar-refractivity contribution in [2.75, 3.05) is 38.6 Å². The maximum Gasteiger partial charge on any atom is 0.317 e. The van der Waals surface area contributed by atoms with Crippen molar-refractivity contribution >= 4 is 12.0 Å². The van der Waals surface area contributed by atoms with Crippen molar-refractivity contribution in [3.8, 4) is 11.5 Å². The number of hydrogen-bond donors (Lipinski definition) is 2. The Morgan fingerprint density at radius 1 is 1.20 bits per heavy atom. The summed E-state index contributed by atoms with van der Waals surface area (Å²) in [7, 11) is 1.73. The Balaban J connectivity index is 1.38. The Labute approximate surface area is 146 Å². The summed E-state index contributed by atoms with van der Waals surface area (Å²) in [4.78, 5) is 21.8. The van der Waals surface area contributed by atoms with Crippen molar-refractivity contribution < 1.29 is 14.3 Å². The third kappa shape index (κ3) is 4.72. The van der Waals surface area contributed by atoms with E-state index in [1.807, 2.05) is 24.3 Å². The molecule has 0 radical (unpaired) electrons. The zero-order valence-corrected chi connectivity index (χ0v) is 14.0. The summed E-state index contributed by atoms with van der Waals surface area (Å²) in [6.07, 6.45) is 3.12.